The van der Waals surface area contributed by atoms with Gasteiger partial charge in [0.1, 0.15) is 6.42 Å². The molecule has 1 atom stereocenters. The molecule has 0 aromatic heterocycles. The fraction of sp³-hybridized carbons (Fsp3) is 1.00. The maximum absolute atomic E-state index is 5.08. The van der Waals surface area contributed by atoms with Crippen LogP contribution in [0, 0.1) is 0 Å². The largest absolute Gasteiger partial charge is 0.341 e. The van der Waals surface area contributed by atoms with Crippen LogP contribution in [0.2, 0.25) is 0 Å². The van der Waals surface area contributed by atoms with Crippen LogP contribution in [0.5, 0.6) is 0 Å². The molecule has 0 heterocycles. The van der Waals surface area contributed by atoms with E-state index >= 15 is 0 Å². The molecule has 0 aliphatic heterocycles. The van der Waals surface area contributed by atoms with E-state index in [-0.39, 0.29) is 0 Å². The fourth-order valence-electron chi connectivity index (χ4n) is 0.379. The molecule has 0 amide bonds. The third-order valence-electron chi connectivity index (χ3n) is 1.05. The average molecular weight is 153 g/mol. The molecule has 8 heavy (non-hydrogen) atoms. The van der Waals surface area contributed by atoms with Crippen LogP contribution in [0.1, 0.15) is 6.92 Å². The van der Waals surface area contributed by atoms with E-state index in [0.29, 0.717) is 0 Å². The van der Waals surface area contributed by atoms with Gasteiger partial charge in [0.15, 0.2) is 0 Å². The van der Waals surface area contributed by atoms with Crippen molar-refractivity contribution in [2.24, 2.45) is 0 Å². The zero-order chi connectivity index (χ0) is 6.62. The van der Waals surface area contributed by atoms with Gasteiger partial charge in [-0.25, -0.2) is 0 Å². The molecule has 0 saturated heterocycles. The molecule has 0 fully saturated rings. The maximum Gasteiger partial charge on any atom is 0.128 e. The Bertz CT molecular complexity index is 87.2. The predicted molar refractivity (Wildman–Crippen MR) is 40.9 cm³/mol. The summed E-state index contributed by atoms with van der Waals surface area (Å²) in [5.41, 5.74) is 0. The highest BCUT2D eigenvalue weighted by molar-refractivity contribution is 8.11. The van der Waals surface area contributed by atoms with Crippen LogP contribution in [-0.4, -0.2) is 20.3 Å². The summed E-state index contributed by atoms with van der Waals surface area (Å²) in [6.45, 7) is 2.03. The van der Waals surface area contributed by atoms with E-state index in [9.17, 15) is 0 Å². The van der Waals surface area contributed by atoms with Crippen molar-refractivity contribution in [2.75, 3.05) is 20.3 Å². The average Bonchev–Trinajstić information content (AvgIpc) is 1.87. The van der Waals surface area contributed by atoms with Crippen LogP contribution < -0.4 is 5.09 Å². The highest BCUT2D eigenvalue weighted by Crippen LogP contribution is 2.39. The van der Waals surface area contributed by atoms with Crippen molar-refractivity contribution in [3.8, 4) is 0 Å². The summed E-state index contributed by atoms with van der Waals surface area (Å²) in [5, 5.41) is 2.98. The molecule has 0 saturated carbocycles. The summed E-state index contributed by atoms with van der Waals surface area (Å²) >= 11 is 5.08. The van der Waals surface area contributed by atoms with Crippen LogP contribution in [0.15, 0.2) is 0 Å². The van der Waals surface area contributed by atoms with Crippen LogP contribution in [0.3, 0.4) is 0 Å². The van der Waals surface area contributed by atoms with Crippen LogP contribution in [-0.2, 0) is 16.3 Å². The molecule has 1 N–H and O–H groups in total. The van der Waals surface area contributed by atoms with Gasteiger partial charge in [0.2, 0.25) is 0 Å². The second-order valence-corrected chi connectivity index (χ2v) is 5.96. The standard InChI is InChI=1S/C4H12NOPS/c1-4-7(8,5-2)6-3/h4H2,1-3H3,(H,5,8). The fourth-order valence-corrected chi connectivity index (χ4v) is 1.14. The van der Waals surface area contributed by atoms with E-state index in [0.717, 1.165) is 6.16 Å². The van der Waals surface area contributed by atoms with Gasteiger partial charge in [0.05, 0.1) is 0 Å². The quantitative estimate of drug-likeness (QED) is 0.615. The van der Waals surface area contributed by atoms with Gasteiger partial charge < -0.3 is 4.52 Å². The molecule has 0 spiro atoms. The van der Waals surface area contributed by atoms with Crippen molar-refractivity contribution >= 4 is 18.2 Å². The Balaban J connectivity index is 3.79. The van der Waals surface area contributed by atoms with Gasteiger partial charge in [-0.05, 0) is 7.05 Å². The first-order valence-corrected chi connectivity index (χ1v) is 5.43. The summed E-state index contributed by atoms with van der Waals surface area (Å²) in [7, 11) is 3.49. The van der Waals surface area contributed by atoms with Crippen molar-refractivity contribution in [3.05, 3.63) is 0 Å². The lowest BCUT2D eigenvalue weighted by atomic mass is 11.0. The molecule has 50 valence electrons. The Morgan fingerprint density at radius 1 is 1.75 bits per heavy atom. The second-order valence-electron chi connectivity index (χ2n) is 1.40. The number of rotatable bonds is 3. The van der Waals surface area contributed by atoms with E-state index < -0.39 is 6.42 Å². The molecule has 0 rings (SSSR count). The minimum Gasteiger partial charge on any atom is -0.341 e. The molecular formula is C4H12NOPS. The van der Waals surface area contributed by atoms with E-state index in [2.05, 4.69) is 5.09 Å². The Morgan fingerprint density at radius 2 is 2.25 bits per heavy atom. The van der Waals surface area contributed by atoms with E-state index in [1.54, 1.807) is 7.11 Å². The smallest absolute Gasteiger partial charge is 0.128 e. The van der Waals surface area contributed by atoms with Crippen molar-refractivity contribution in [2.45, 2.75) is 6.92 Å². The predicted octanol–water partition coefficient (Wildman–Crippen LogP) is 1.18. The van der Waals surface area contributed by atoms with E-state index in [1.165, 1.54) is 0 Å². The molecule has 0 radical (unpaired) electrons. The summed E-state index contributed by atoms with van der Waals surface area (Å²) in [6.07, 6.45) is -0.667. The van der Waals surface area contributed by atoms with Crippen LogP contribution in [0.4, 0.5) is 0 Å². The summed E-state index contributed by atoms with van der Waals surface area (Å²) in [5.74, 6) is 0. The zero-order valence-corrected chi connectivity index (χ0v) is 7.18. The Labute approximate surface area is 55.8 Å². The molecule has 1 unspecified atom stereocenters. The van der Waals surface area contributed by atoms with Crippen molar-refractivity contribution < 1.29 is 4.52 Å². The van der Waals surface area contributed by atoms with Gasteiger partial charge >= 0.3 is 0 Å². The lowest BCUT2D eigenvalue weighted by Gasteiger charge is -2.15. The normalized spacial score (nSPS) is 17.9. The third-order valence-corrected chi connectivity index (χ3v) is 4.93. The minimum atomic E-state index is -1.58. The van der Waals surface area contributed by atoms with Gasteiger partial charge in [-0.2, -0.15) is 0 Å². The zero-order valence-electron chi connectivity index (χ0n) is 5.47. The van der Waals surface area contributed by atoms with Crippen LogP contribution in [0.25, 0.3) is 0 Å². The summed E-state index contributed by atoms with van der Waals surface area (Å²) < 4.78 is 5.05. The monoisotopic (exact) mass is 153 g/mol. The maximum atomic E-state index is 5.08. The highest BCUT2D eigenvalue weighted by atomic mass is 32.4. The van der Waals surface area contributed by atoms with E-state index in [4.69, 9.17) is 16.3 Å². The van der Waals surface area contributed by atoms with Crippen LogP contribution >= 0.6 is 6.42 Å². The van der Waals surface area contributed by atoms with Crippen molar-refractivity contribution in [1.29, 1.82) is 0 Å². The molecule has 2 nitrogen and oxygen atoms in total. The third kappa shape index (κ3) is 2.23. The molecule has 0 aliphatic rings. The first kappa shape index (κ1) is 8.57. The van der Waals surface area contributed by atoms with Gasteiger partial charge in [-0.15, -0.1) is 0 Å². The molecule has 0 aromatic rings. The second kappa shape index (κ2) is 3.57. The summed E-state index contributed by atoms with van der Waals surface area (Å²) in [6, 6.07) is 0. The number of hydrogen-bond acceptors (Lipinski definition) is 2. The SMILES string of the molecule is CCP(=S)(NC)OC. The van der Waals surface area contributed by atoms with Gasteiger partial charge in [0, 0.05) is 13.3 Å². The Morgan fingerprint density at radius 3 is 2.25 bits per heavy atom. The van der Waals surface area contributed by atoms with Gasteiger partial charge in [0.25, 0.3) is 0 Å². The number of nitrogens with one attached hydrogen (secondary N) is 1. The molecule has 0 bridgehead atoms. The lowest BCUT2D eigenvalue weighted by Crippen LogP contribution is -2.05. The molecule has 4 heteroatoms. The number of hydrogen-bond donors (Lipinski definition) is 1. The van der Waals surface area contributed by atoms with Gasteiger partial charge in [-0.3, -0.25) is 5.09 Å². The molecule has 0 aromatic carbocycles. The first-order valence-electron chi connectivity index (χ1n) is 2.52. The van der Waals surface area contributed by atoms with Crippen molar-refractivity contribution in [3.63, 3.8) is 0 Å². The van der Waals surface area contributed by atoms with Crippen molar-refractivity contribution in [1.82, 2.24) is 5.09 Å². The van der Waals surface area contributed by atoms with E-state index in [1.807, 2.05) is 14.0 Å². The van der Waals surface area contributed by atoms with Gasteiger partial charge in [-0.1, -0.05) is 18.7 Å². The topological polar surface area (TPSA) is 21.3 Å². The Hall–Kier alpha value is 0.570. The highest BCUT2D eigenvalue weighted by Gasteiger charge is 2.07. The first-order chi connectivity index (χ1) is 3.68. The Kier molecular flexibility index (Phi) is 3.82. The minimum absolute atomic E-state index is 0.912. The lowest BCUT2D eigenvalue weighted by molar-refractivity contribution is 0.453. The summed E-state index contributed by atoms with van der Waals surface area (Å²) in [4.78, 5) is 0. The molecular weight excluding hydrogens is 141 g/mol. The molecule has 0 aliphatic carbocycles.